The molecule has 1 aliphatic carbocycles. The molecule has 1 saturated carbocycles. The highest BCUT2D eigenvalue weighted by atomic mass is 79.9. The minimum Gasteiger partial charge on any atom is -0.403 e. The summed E-state index contributed by atoms with van der Waals surface area (Å²) in [6, 6.07) is 11.4. The van der Waals surface area contributed by atoms with Crippen LogP contribution in [-0.4, -0.2) is 43.6 Å². The van der Waals surface area contributed by atoms with E-state index in [-0.39, 0.29) is 17.5 Å². The number of rotatable bonds is 12. The van der Waals surface area contributed by atoms with Crippen molar-refractivity contribution in [1.82, 2.24) is 10.6 Å². The number of nitrogens with one attached hydrogen (secondary N) is 2. The van der Waals surface area contributed by atoms with Crippen LogP contribution >= 0.6 is 15.9 Å². The largest absolute Gasteiger partial charge is 0.573 e. The van der Waals surface area contributed by atoms with Crippen molar-refractivity contribution in [1.29, 1.82) is 0 Å². The maximum atomic E-state index is 13.7. The van der Waals surface area contributed by atoms with Gasteiger partial charge in [0.15, 0.2) is 11.6 Å². The van der Waals surface area contributed by atoms with Gasteiger partial charge < -0.3 is 15.4 Å². The molecular weight excluding hydrogens is 616 g/mol. The average molecular weight is 664 g/mol. The topological polar surface area (TPSA) is 67.4 Å². The van der Waals surface area contributed by atoms with Crippen LogP contribution in [0.4, 0.5) is 17.6 Å². The van der Waals surface area contributed by atoms with Crippen molar-refractivity contribution in [3.63, 3.8) is 0 Å². The molecule has 10 heteroatoms. The lowest BCUT2D eigenvalue weighted by Crippen LogP contribution is -2.30. The zero-order valence-electron chi connectivity index (χ0n) is 26.0. The van der Waals surface area contributed by atoms with Crippen LogP contribution in [0.5, 0.6) is 5.75 Å². The molecule has 3 rings (SSSR count). The highest BCUT2D eigenvalue weighted by Gasteiger charge is 2.32. The van der Waals surface area contributed by atoms with Crippen molar-refractivity contribution in [3.8, 4) is 5.75 Å². The molecule has 0 heterocycles. The Bertz CT molecular complexity index is 1060. The number of hydrogen-bond acceptors (Lipinski definition) is 5. The number of benzene rings is 2. The quantitative estimate of drug-likeness (QED) is 0.223. The van der Waals surface area contributed by atoms with Crippen molar-refractivity contribution in [2.75, 3.05) is 19.6 Å². The molecule has 0 bridgehead atoms. The van der Waals surface area contributed by atoms with Crippen molar-refractivity contribution in [2.45, 2.75) is 92.5 Å². The van der Waals surface area contributed by atoms with E-state index in [0.717, 1.165) is 41.6 Å². The van der Waals surface area contributed by atoms with Gasteiger partial charge in [-0.05, 0) is 74.5 Å². The van der Waals surface area contributed by atoms with Gasteiger partial charge in [-0.2, -0.15) is 0 Å². The van der Waals surface area contributed by atoms with Crippen molar-refractivity contribution >= 4 is 27.5 Å². The van der Waals surface area contributed by atoms with E-state index < -0.39 is 23.8 Å². The highest BCUT2D eigenvalue weighted by molar-refractivity contribution is 9.10. The van der Waals surface area contributed by atoms with Crippen LogP contribution < -0.4 is 15.4 Å². The van der Waals surface area contributed by atoms with Gasteiger partial charge in [-0.15, -0.1) is 13.2 Å². The molecule has 1 fully saturated rings. The predicted octanol–water partition coefficient (Wildman–Crippen LogP) is 8.57. The molecule has 1 aliphatic rings. The van der Waals surface area contributed by atoms with E-state index in [4.69, 9.17) is 0 Å². The lowest BCUT2D eigenvalue weighted by molar-refractivity contribution is -0.275. The molecule has 2 aromatic carbocycles. The maximum Gasteiger partial charge on any atom is 0.573 e. The minimum absolute atomic E-state index is 0.0458. The lowest BCUT2D eigenvalue weighted by Gasteiger charge is -2.17. The summed E-state index contributed by atoms with van der Waals surface area (Å²) in [7, 11) is 0. The van der Waals surface area contributed by atoms with Crippen molar-refractivity contribution < 1.29 is 31.9 Å². The number of ether oxygens (including phenoxy) is 1. The van der Waals surface area contributed by atoms with E-state index in [9.17, 15) is 27.2 Å². The molecule has 0 spiro atoms. The number of halogens is 5. The number of carbonyl (C=O) groups excluding carboxylic acids is 2. The summed E-state index contributed by atoms with van der Waals surface area (Å²) >= 11 is 3.39. The van der Waals surface area contributed by atoms with Gasteiger partial charge in [0, 0.05) is 23.6 Å². The summed E-state index contributed by atoms with van der Waals surface area (Å²) in [5.41, 5.74) is 1.41. The number of alkyl halides is 3. The van der Waals surface area contributed by atoms with E-state index >= 15 is 0 Å². The molecule has 2 N–H and O–H groups in total. The van der Waals surface area contributed by atoms with Gasteiger partial charge >= 0.3 is 6.36 Å². The van der Waals surface area contributed by atoms with Gasteiger partial charge in [-0.3, -0.25) is 9.59 Å². The smallest absolute Gasteiger partial charge is 0.403 e. The molecular formula is C32H47BrF4N2O3. The fourth-order valence-electron chi connectivity index (χ4n) is 3.74. The Kier molecular flexibility index (Phi) is 19.5. The number of Topliss-reactive ketones (excluding diaryl/α,β-unsaturated/α-hetero) is 2. The van der Waals surface area contributed by atoms with Crippen LogP contribution in [0, 0.1) is 11.7 Å². The van der Waals surface area contributed by atoms with Gasteiger partial charge in [0.1, 0.15) is 11.6 Å². The van der Waals surface area contributed by atoms with E-state index in [1.807, 2.05) is 52.0 Å². The molecule has 238 valence electrons. The van der Waals surface area contributed by atoms with E-state index in [2.05, 4.69) is 45.1 Å². The molecule has 2 aromatic rings. The predicted molar refractivity (Wildman–Crippen MR) is 165 cm³/mol. The summed E-state index contributed by atoms with van der Waals surface area (Å²) in [5, 5.41) is 6.45. The molecule has 0 radical (unpaired) electrons. The van der Waals surface area contributed by atoms with Gasteiger partial charge in [-0.1, -0.05) is 75.7 Å². The molecule has 5 nitrogen and oxygen atoms in total. The third-order valence-corrected chi connectivity index (χ3v) is 6.58. The fraction of sp³-hybridized carbons (Fsp3) is 0.562. The lowest BCUT2D eigenvalue weighted by atomic mass is 9.95. The zero-order valence-corrected chi connectivity index (χ0v) is 27.6. The molecule has 0 aromatic heterocycles. The number of hydrogen-bond donors (Lipinski definition) is 2. The SMILES string of the molecule is CC.CC.CC(=O)C(CNC(C)C)c1ccc(Br)cc1.CC(=O)C(CNCC1CC1)c1ccc(OC(F)(F)F)c(F)c1. The van der Waals surface area contributed by atoms with Crippen LogP contribution in [0.1, 0.15) is 91.2 Å². The van der Waals surface area contributed by atoms with Gasteiger partial charge in [-0.25, -0.2) is 4.39 Å². The van der Waals surface area contributed by atoms with Crippen LogP contribution in [0.3, 0.4) is 0 Å². The first kappa shape index (κ1) is 39.7. The Labute approximate surface area is 257 Å². The highest BCUT2D eigenvalue weighted by Crippen LogP contribution is 2.30. The van der Waals surface area contributed by atoms with Crippen molar-refractivity contribution in [2.24, 2.45) is 5.92 Å². The second-order valence-electron chi connectivity index (χ2n) is 9.78. The van der Waals surface area contributed by atoms with Crippen LogP contribution in [0.2, 0.25) is 0 Å². The Hall–Kier alpha value is -2.30. The molecule has 42 heavy (non-hydrogen) atoms. The van der Waals surface area contributed by atoms with Gasteiger partial charge in [0.05, 0.1) is 11.8 Å². The van der Waals surface area contributed by atoms with Gasteiger partial charge in [0.2, 0.25) is 0 Å². The van der Waals surface area contributed by atoms with Crippen LogP contribution in [0.25, 0.3) is 0 Å². The zero-order chi connectivity index (χ0) is 32.5. The van der Waals surface area contributed by atoms with Crippen LogP contribution in [-0.2, 0) is 9.59 Å². The Balaban J connectivity index is 0.000000744. The number of ketones is 2. The van der Waals surface area contributed by atoms with Crippen molar-refractivity contribution in [3.05, 3.63) is 63.9 Å². The molecule has 0 saturated heterocycles. The summed E-state index contributed by atoms with van der Waals surface area (Å²) < 4.78 is 54.6. The monoisotopic (exact) mass is 662 g/mol. The molecule has 0 amide bonds. The number of carbonyl (C=O) groups is 2. The third kappa shape index (κ3) is 16.4. The second-order valence-corrected chi connectivity index (χ2v) is 10.7. The normalized spacial score (nSPS) is 13.8. The first-order chi connectivity index (χ1) is 19.8. The van der Waals surface area contributed by atoms with E-state index in [1.54, 1.807) is 6.92 Å². The summed E-state index contributed by atoms with van der Waals surface area (Å²) in [6.45, 7) is 17.0. The first-order valence-corrected chi connectivity index (χ1v) is 15.3. The molecule has 0 aliphatic heterocycles. The van der Waals surface area contributed by atoms with Gasteiger partial charge in [0.25, 0.3) is 0 Å². The van der Waals surface area contributed by atoms with E-state index in [0.29, 0.717) is 30.6 Å². The summed E-state index contributed by atoms with van der Waals surface area (Å²) in [4.78, 5) is 23.3. The third-order valence-electron chi connectivity index (χ3n) is 6.05. The average Bonchev–Trinajstić information content (AvgIpc) is 3.75. The second kappa shape index (κ2) is 20.6. The molecule has 2 unspecified atom stereocenters. The summed E-state index contributed by atoms with van der Waals surface area (Å²) in [5.74, 6) is -2.01. The standard InChI is InChI=1S/C15H17F4NO2.C13H18BrNO.2C2H6/c1-9(21)12(8-20-7-10-2-3-10)11-4-5-14(13(16)6-11)22-15(17,18)19;1-9(2)15-8-13(10(3)16)11-4-6-12(14)7-5-11;2*1-2/h4-6,10,12,20H,2-3,7-8H2,1H3;4-7,9,13,15H,8H2,1-3H3;2*1-2H3. The Morgan fingerprint density at radius 3 is 1.83 bits per heavy atom. The fourth-order valence-corrected chi connectivity index (χ4v) is 4.00. The summed E-state index contributed by atoms with van der Waals surface area (Å²) in [6.07, 6.45) is -2.63. The van der Waals surface area contributed by atoms with Crippen LogP contribution in [0.15, 0.2) is 46.9 Å². The molecule has 2 atom stereocenters. The maximum absolute atomic E-state index is 13.7. The minimum atomic E-state index is -4.95. The first-order valence-electron chi connectivity index (χ1n) is 14.5. The van der Waals surface area contributed by atoms with E-state index in [1.165, 1.54) is 13.0 Å². The Morgan fingerprint density at radius 2 is 1.40 bits per heavy atom. The Morgan fingerprint density at radius 1 is 0.905 bits per heavy atom.